The maximum atomic E-state index is 3.83. The zero-order valence-electron chi connectivity index (χ0n) is 12.1. The molecule has 18 heavy (non-hydrogen) atoms. The molecule has 0 saturated carbocycles. The topological polar surface area (TPSA) is 12.0 Å². The third kappa shape index (κ3) is 3.58. The van der Waals surface area contributed by atoms with Crippen LogP contribution in [0, 0.1) is 12.8 Å². The van der Waals surface area contributed by atoms with Gasteiger partial charge >= 0.3 is 0 Å². The van der Waals surface area contributed by atoms with Gasteiger partial charge in [0.2, 0.25) is 0 Å². The van der Waals surface area contributed by atoms with E-state index in [9.17, 15) is 0 Å². The highest BCUT2D eigenvalue weighted by Gasteiger charge is 2.32. The number of hydrogen-bond donors (Lipinski definition) is 1. The minimum Gasteiger partial charge on any atom is -0.311 e. The summed E-state index contributed by atoms with van der Waals surface area (Å²) < 4.78 is 0. The van der Waals surface area contributed by atoms with Crippen molar-refractivity contribution >= 4 is 0 Å². The molecule has 1 N–H and O–H groups in total. The first-order chi connectivity index (χ1) is 8.60. The van der Waals surface area contributed by atoms with Gasteiger partial charge in [-0.05, 0) is 50.6 Å². The minimum atomic E-state index is 0.349. The summed E-state index contributed by atoms with van der Waals surface area (Å²) in [6.07, 6.45) is 6.53. The minimum absolute atomic E-state index is 0.349. The van der Waals surface area contributed by atoms with Crippen LogP contribution in [0.3, 0.4) is 0 Å². The van der Waals surface area contributed by atoms with E-state index in [1.165, 1.54) is 49.8 Å². The van der Waals surface area contributed by atoms with Gasteiger partial charge in [-0.1, -0.05) is 50.1 Å². The fraction of sp³-hybridized carbons (Fsp3) is 0.647. The van der Waals surface area contributed by atoms with E-state index in [4.69, 9.17) is 0 Å². The SMILES string of the molecule is Cc1ccc(CC2(CC(C)C)CCCCN2)cc1. The van der Waals surface area contributed by atoms with Gasteiger partial charge in [-0.2, -0.15) is 0 Å². The van der Waals surface area contributed by atoms with Crippen molar-refractivity contribution in [2.75, 3.05) is 6.54 Å². The highest BCUT2D eigenvalue weighted by molar-refractivity contribution is 5.23. The molecule has 0 aromatic heterocycles. The van der Waals surface area contributed by atoms with E-state index >= 15 is 0 Å². The predicted octanol–water partition coefficient (Wildman–Crippen LogP) is 4.10. The van der Waals surface area contributed by atoms with Gasteiger partial charge in [0.1, 0.15) is 0 Å². The molecule has 0 spiro atoms. The molecular weight excluding hydrogens is 218 g/mol. The van der Waals surface area contributed by atoms with Crippen LogP contribution in [0.4, 0.5) is 0 Å². The molecule has 1 aliphatic heterocycles. The molecule has 1 nitrogen and oxygen atoms in total. The van der Waals surface area contributed by atoms with Crippen molar-refractivity contribution in [3.8, 4) is 0 Å². The normalized spacial score (nSPS) is 24.4. The molecule has 2 rings (SSSR count). The Labute approximate surface area is 112 Å². The van der Waals surface area contributed by atoms with Crippen molar-refractivity contribution in [1.29, 1.82) is 0 Å². The van der Waals surface area contributed by atoms with Crippen LogP contribution in [0.1, 0.15) is 50.7 Å². The fourth-order valence-electron chi connectivity index (χ4n) is 3.31. The van der Waals surface area contributed by atoms with Crippen LogP contribution in [0.2, 0.25) is 0 Å². The third-order valence-corrected chi connectivity index (χ3v) is 4.04. The Morgan fingerprint density at radius 1 is 1.17 bits per heavy atom. The number of benzene rings is 1. The lowest BCUT2D eigenvalue weighted by atomic mass is 9.77. The van der Waals surface area contributed by atoms with Crippen molar-refractivity contribution in [2.24, 2.45) is 5.92 Å². The maximum Gasteiger partial charge on any atom is 0.0224 e. The molecule has 0 bridgehead atoms. The van der Waals surface area contributed by atoms with E-state index in [1.54, 1.807) is 0 Å². The second kappa shape index (κ2) is 5.88. The van der Waals surface area contributed by atoms with E-state index in [0.29, 0.717) is 5.54 Å². The van der Waals surface area contributed by atoms with Crippen LogP contribution in [-0.2, 0) is 6.42 Å². The lowest BCUT2D eigenvalue weighted by molar-refractivity contribution is 0.210. The van der Waals surface area contributed by atoms with Crippen LogP contribution in [-0.4, -0.2) is 12.1 Å². The van der Waals surface area contributed by atoms with Gasteiger partial charge in [0.25, 0.3) is 0 Å². The van der Waals surface area contributed by atoms with Crippen LogP contribution in [0.5, 0.6) is 0 Å². The van der Waals surface area contributed by atoms with Gasteiger partial charge in [-0.25, -0.2) is 0 Å². The molecular formula is C17H27N. The van der Waals surface area contributed by atoms with Crippen molar-refractivity contribution in [2.45, 2.75) is 58.4 Å². The van der Waals surface area contributed by atoms with Crippen molar-refractivity contribution in [3.05, 3.63) is 35.4 Å². The molecule has 1 atom stereocenters. The first-order valence-corrected chi connectivity index (χ1v) is 7.40. The number of rotatable bonds is 4. The van der Waals surface area contributed by atoms with Crippen molar-refractivity contribution < 1.29 is 0 Å². The van der Waals surface area contributed by atoms with Crippen LogP contribution >= 0.6 is 0 Å². The van der Waals surface area contributed by atoms with E-state index in [0.717, 1.165) is 5.92 Å². The summed E-state index contributed by atoms with van der Waals surface area (Å²) >= 11 is 0. The molecule has 1 unspecified atom stereocenters. The zero-order valence-corrected chi connectivity index (χ0v) is 12.1. The number of aryl methyl sites for hydroxylation is 1. The Balaban J connectivity index is 2.11. The van der Waals surface area contributed by atoms with Crippen LogP contribution in [0.15, 0.2) is 24.3 Å². The lowest BCUT2D eigenvalue weighted by Crippen LogP contribution is -2.51. The van der Waals surface area contributed by atoms with E-state index < -0.39 is 0 Å². The van der Waals surface area contributed by atoms with E-state index in [-0.39, 0.29) is 0 Å². The highest BCUT2D eigenvalue weighted by Crippen LogP contribution is 2.30. The molecule has 100 valence electrons. The molecule has 1 heteroatoms. The van der Waals surface area contributed by atoms with E-state index in [2.05, 4.69) is 50.4 Å². The second-order valence-electron chi connectivity index (χ2n) is 6.42. The summed E-state index contributed by atoms with van der Waals surface area (Å²) in [7, 11) is 0. The average molecular weight is 245 g/mol. The summed E-state index contributed by atoms with van der Waals surface area (Å²) in [6, 6.07) is 9.07. The maximum absolute atomic E-state index is 3.83. The lowest BCUT2D eigenvalue weighted by Gasteiger charge is -2.40. The van der Waals surface area contributed by atoms with Gasteiger partial charge in [0.15, 0.2) is 0 Å². The Morgan fingerprint density at radius 3 is 2.44 bits per heavy atom. The summed E-state index contributed by atoms with van der Waals surface area (Å²) in [4.78, 5) is 0. The van der Waals surface area contributed by atoms with Gasteiger partial charge < -0.3 is 5.32 Å². The third-order valence-electron chi connectivity index (χ3n) is 4.04. The summed E-state index contributed by atoms with van der Waals surface area (Å²) in [6.45, 7) is 8.03. The Kier molecular flexibility index (Phi) is 4.45. The highest BCUT2D eigenvalue weighted by atomic mass is 15.0. The fourth-order valence-corrected chi connectivity index (χ4v) is 3.31. The molecule has 1 aliphatic rings. The number of piperidine rings is 1. The zero-order chi connectivity index (χ0) is 13.0. The summed E-state index contributed by atoms with van der Waals surface area (Å²) in [5.74, 6) is 0.765. The monoisotopic (exact) mass is 245 g/mol. The smallest absolute Gasteiger partial charge is 0.0224 e. The molecule has 0 aliphatic carbocycles. The average Bonchev–Trinajstić information content (AvgIpc) is 2.32. The van der Waals surface area contributed by atoms with Gasteiger partial charge in [0.05, 0.1) is 0 Å². The van der Waals surface area contributed by atoms with Crippen molar-refractivity contribution in [1.82, 2.24) is 5.32 Å². The first kappa shape index (κ1) is 13.6. The number of hydrogen-bond acceptors (Lipinski definition) is 1. The quantitative estimate of drug-likeness (QED) is 0.842. The molecule has 0 radical (unpaired) electrons. The van der Waals surface area contributed by atoms with Crippen LogP contribution < -0.4 is 5.32 Å². The molecule has 0 amide bonds. The Morgan fingerprint density at radius 2 is 1.89 bits per heavy atom. The number of nitrogens with one attached hydrogen (secondary N) is 1. The molecule has 1 fully saturated rings. The predicted molar refractivity (Wildman–Crippen MR) is 78.9 cm³/mol. The van der Waals surface area contributed by atoms with Gasteiger partial charge in [-0.3, -0.25) is 0 Å². The van der Waals surface area contributed by atoms with Crippen LogP contribution in [0.25, 0.3) is 0 Å². The molecule has 1 heterocycles. The van der Waals surface area contributed by atoms with E-state index in [1.807, 2.05) is 0 Å². The Bertz CT molecular complexity index is 358. The standard InChI is InChI=1S/C17H27N/c1-14(2)12-17(10-4-5-11-18-17)13-16-8-6-15(3)7-9-16/h6-9,14,18H,4-5,10-13H2,1-3H3. The van der Waals surface area contributed by atoms with Gasteiger partial charge in [-0.15, -0.1) is 0 Å². The van der Waals surface area contributed by atoms with Gasteiger partial charge in [0, 0.05) is 5.54 Å². The molecule has 1 aromatic carbocycles. The molecule has 1 saturated heterocycles. The largest absolute Gasteiger partial charge is 0.311 e. The molecule has 1 aromatic rings. The Hall–Kier alpha value is -0.820. The summed E-state index contributed by atoms with van der Waals surface area (Å²) in [5, 5.41) is 3.83. The summed E-state index contributed by atoms with van der Waals surface area (Å²) in [5.41, 5.74) is 3.19. The van der Waals surface area contributed by atoms with Crippen molar-refractivity contribution in [3.63, 3.8) is 0 Å². The second-order valence-corrected chi connectivity index (χ2v) is 6.42. The first-order valence-electron chi connectivity index (χ1n) is 7.40.